The Morgan fingerprint density at radius 1 is 1.21 bits per heavy atom. The summed E-state index contributed by atoms with van der Waals surface area (Å²) in [5.74, 6) is -0.852. The SMILES string of the molecule is C.COC(=O)C1CCCN1.OC(=[18O])C1CCCN1.[18OH2]. The average molecular weight is 282 g/mol. The predicted molar refractivity (Wildman–Crippen MR) is 72.0 cm³/mol. The molecule has 2 heterocycles. The first-order valence-corrected chi connectivity index (χ1v) is 5.92. The summed E-state index contributed by atoms with van der Waals surface area (Å²) in [6, 6.07) is -0.301. The number of esters is 1. The van der Waals surface area contributed by atoms with Gasteiger partial charge in [0.25, 0.3) is 0 Å². The molecule has 2 unspecified atom stereocenters. The Hall–Kier alpha value is -1.18. The first kappa shape index (κ1) is 20.1. The number of carboxylic acids is 1. The third kappa shape index (κ3) is 7.09. The molecule has 0 saturated carbocycles. The molecule has 19 heavy (non-hydrogen) atoms. The minimum Gasteiger partial charge on any atom is -0.480 e. The largest absolute Gasteiger partial charge is 0.480 e. The highest BCUT2D eigenvalue weighted by atomic mass is 18.1. The van der Waals surface area contributed by atoms with Crippen molar-refractivity contribution < 1.29 is 24.9 Å². The van der Waals surface area contributed by atoms with E-state index in [9.17, 15) is 9.59 Å². The summed E-state index contributed by atoms with van der Waals surface area (Å²) in [5, 5.41) is 14.2. The van der Waals surface area contributed by atoms with Crippen LogP contribution in [0.3, 0.4) is 0 Å². The summed E-state index contributed by atoms with van der Waals surface area (Å²) in [6.45, 7) is 1.80. The van der Waals surface area contributed by atoms with E-state index < -0.39 is 5.97 Å². The van der Waals surface area contributed by atoms with Gasteiger partial charge in [0, 0.05) is 0 Å². The van der Waals surface area contributed by atoms with Crippen molar-refractivity contribution in [3.8, 4) is 0 Å². The van der Waals surface area contributed by atoms with Crippen LogP contribution >= 0.6 is 0 Å². The first-order chi connectivity index (χ1) is 8.15. The molecular weight excluding hydrogens is 256 g/mol. The van der Waals surface area contributed by atoms with Crippen molar-refractivity contribution in [2.24, 2.45) is 0 Å². The average Bonchev–Trinajstić information content (AvgIpc) is 3.01. The molecule has 0 bridgehead atoms. The second kappa shape index (κ2) is 10.7. The molecule has 0 amide bonds. The van der Waals surface area contributed by atoms with Gasteiger partial charge in [0.2, 0.25) is 0 Å². The van der Waals surface area contributed by atoms with E-state index in [1.807, 2.05) is 0 Å². The molecule has 2 aliphatic rings. The lowest BCUT2D eigenvalue weighted by Gasteiger charge is -2.04. The van der Waals surface area contributed by atoms with Gasteiger partial charge in [-0.25, -0.2) is 0 Å². The van der Waals surface area contributed by atoms with Gasteiger partial charge in [-0.2, -0.15) is 0 Å². The minimum absolute atomic E-state index is 0. The Morgan fingerprint density at radius 3 is 1.95 bits per heavy atom. The van der Waals surface area contributed by atoms with Gasteiger partial charge in [-0.05, 0) is 38.8 Å². The van der Waals surface area contributed by atoms with E-state index in [4.69, 9.17) is 5.11 Å². The predicted octanol–water partition coefficient (Wildman–Crippen LogP) is -0.454. The highest BCUT2D eigenvalue weighted by Gasteiger charge is 2.22. The van der Waals surface area contributed by atoms with Crippen LogP contribution in [-0.2, 0) is 14.3 Å². The molecule has 0 spiro atoms. The lowest BCUT2D eigenvalue weighted by molar-refractivity contribution is -0.142. The fraction of sp³-hybridized carbons (Fsp3) is 0.833. The molecule has 5 N–H and O–H groups in total. The Bertz CT molecular complexity index is 261. The monoisotopic (exact) mass is 282 g/mol. The van der Waals surface area contributed by atoms with Crippen molar-refractivity contribution in [1.29, 1.82) is 0 Å². The Balaban J connectivity index is 0. The van der Waals surface area contributed by atoms with Gasteiger partial charge in [0.1, 0.15) is 12.1 Å². The van der Waals surface area contributed by atoms with Crippen LogP contribution in [0, 0.1) is 0 Å². The number of hydrogen-bond donors (Lipinski definition) is 3. The smallest absolute Gasteiger partial charge is 0.322 e. The molecule has 2 atom stereocenters. The molecule has 7 heteroatoms. The number of carboxylic acid groups (broad SMARTS) is 1. The van der Waals surface area contributed by atoms with Gasteiger partial charge in [-0.1, -0.05) is 7.43 Å². The van der Waals surface area contributed by atoms with E-state index in [1.54, 1.807) is 0 Å². The first-order valence-electron chi connectivity index (χ1n) is 5.92. The molecule has 2 saturated heterocycles. The molecule has 0 aliphatic carbocycles. The summed E-state index contributed by atoms with van der Waals surface area (Å²) < 4.78 is 4.53. The number of nitrogens with one attached hydrogen (secondary N) is 2. The van der Waals surface area contributed by atoms with Crippen LogP contribution in [0.5, 0.6) is 0 Å². The van der Waals surface area contributed by atoms with E-state index in [2.05, 4.69) is 15.4 Å². The normalized spacial score (nSPS) is 24.3. The number of carbonyl (C=O) groups excluding carboxylic acids is 1. The lowest BCUT2D eigenvalue weighted by atomic mass is 10.2. The van der Waals surface area contributed by atoms with Crippen molar-refractivity contribution in [3.63, 3.8) is 0 Å². The summed E-state index contributed by atoms with van der Waals surface area (Å²) in [6.07, 6.45) is 3.79. The molecule has 0 aromatic heterocycles. The van der Waals surface area contributed by atoms with Crippen molar-refractivity contribution in [3.05, 3.63) is 0 Å². The number of hydrogen-bond acceptors (Lipinski definition) is 5. The maximum Gasteiger partial charge on any atom is 0.322 e. The van der Waals surface area contributed by atoms with Crippen molar-refractivity contribution in [2.45, 2.75) is 45.2 Å². The molecule has 2 fully saturated rings. The molecule has 2 aliphatic heterocycles. The van der Waals surface area contributed by atoms with Gasteiger partial charge in [-0.3, -0.25) is 9.59 Å². The minimum atomic E-state index is -0.720. The standard InChI is InChI=1S/C6H11NO2.C5H9NO2.CH4.H2O/c1-9-6(8)5-3-2-4-7-5;7-5(8)4-2-1-3-6-4;;/h5,7H,2-4H2,1H3;4,6H,1-3H2,(H,7,8);1H4;1H2/i;7+2;;1+2. The third-order valence-corrected chi connectivity index (χ3v) is 2.90. The maximum absolute atomic E-state index is 10.7. The second-order valence-electron chi connectivity index (χ2n) is 4.16. The van der Waals surface area contributed by atoms with Gasteiger partial charge in [-0.15, -0.1) is 0 Å². The molecule has 0 radical (unpaired) electrons. The number of methoxy groups -OCH3 is 1. The van der Waals surface area contributed by atoms with Gasteiger partial charge in [0.05, 0.1) is 7.11 Å². The number of rotatable bonds is 2. The third-order valence-electron chi connectivity index (χ3n) is 2.90. The number of aliphatic carboxylic acids is 1. The number of carbonyl (C=O) groups is 2. The summed E-state index contributed by atoms with van der Waals surface area (Å²) in [7, 11) is 1.42. The number of ether oxygens (including phenoxy) is 1. The summed E-state index contributed by atoms with van der Waals surface area (Å²) in [5.41, 5.74) is 0. The van der Waals surface area contributed by atoms with Crippen molar-refractivity contribution >= 4 is 11.9 Å². The quantitative estimate of drug-likeness (QED) is 0.466. The zero-order valence-electron chi connectivity index (χ0n) is 10.6. The van der Waals surface area contributed by atoms with E-state index in [1.165, 1.54) is 7.11 Å². The highest BCUT2D eigenvalue weighted by molar-refractivity contribution is 5.75. The van der Waals surface area contributed by atoms with E-state index >= 15 is 0 Å². The van der Waals surface area contributed by atoms with Crippen LogP contribution in [0.1, 0.15) is 33.1 Å². The van der Waals surface area contributed by atoms with E-state index in [-0.39, 0.29) is 31.0 Å². The Kier molecular flexibility index (Phi) is 11.4. The highest BCUT2D eigenvalue weighted by Crippen LogP contribution is 2.05. The van der Waals surface area contributed by atoms with Crippen LogP contribution in [0.15, 0.2) is 0 Å². The van der Waals surface area contributed by atoms with Crippen molar-refractivity contribution in [2.75, 3.05) is 20.2 Å². The van der Waals surface area contributed by atoms with Gasteiger partial charge < -0.3 is 26.0 Å². The van der Waals surface area contributed by atoms with Gasteiger partial charge in [0.15, 0.2) is 0 Å². The zero-order chi connectivity index (χ0) is 12.7. The molecule has 2 rings (SSSR count). The topological polar surface area (TPSA) is 119 Å². The van der Waals surface area contributed by atoms with Crippen molar-refractivity contribution in [1.82, 2.24) is 10.6 Å². The summed E-state index contributed by atoms with van der Waals surface area (Å²) >= 11 is 0. The molecule has 0 aromatic rings. The van der Waals surface area contributed by atoms with Gasteiger partial charge >= 0.3 is 11.9 Å². The Morgan fingerprint density at radius 2 is 1.68 bits per heavy atom. The van der Waals surface area contributed by atoms with E-state index in [0.29, 0.717) is 0 Å². The van der Waals surface area contributed by atoms with Crippen LogP contribution in [0.25, 0.3) is 0 Å². The zero-order valence-corrected chi connectivity index (χ0v) is 10.6. The van der Waals surface area contributed by atoms with E-state index in [0.717, 1.165) is 38.8 Å². The molecule has 0 aromatic carbocycles. The van der Waals surface area contributed by atoms with Crippen LogP contribution in [0.4, 0.5) is 0 Å². The van der Waals surface area contributed by atoms with Crippen LogP contribution in [-0.4, -0.2) is 54.8 Å². The molecular formula is C12H26N2O5. The van der Waals surface area contributed by atoms with Crippen LogP contribution in [0.2, 0.25) is 0 Å². The molecule has 7 nitrogen and oxygen atoms in total. The maximum atomic E-state index is 10.7. The fourth-order valence-electron chi connectivity index (χ4n) is 1.92. The fourth-order valence-corrected chi connectivity index (χ4v) is 1.92. The molecule has 114 valence electrons. The lowest BCUT2D eigenvalue weighted by Crippen LogP contribution is -2.31. The van der Waals surface area contributed by atoms with Crippen LogP contribution < -0.4 is 10.6 Å². The summed E-state index contributed by atoms with van der Waals surface area (Å²) in [4.78, 5) is 20.9. The second-order valence-corrected chi connectivity index (χ2v) is 4.16. The Labute approximate surface area is 114 Å².